The van der Waals surface area contributed by atoms with E-state index in [1.54, 1.807) is 0 Å². The lowest BCUT2D eigenvalue weighted by molar-refractivity contribution is -0.198. The molecule has 2 aliphatic heterocycles. The first-order valence-corrected chi connectivity index (χ1v) is 8.38. The lowest BCUT2D eigenvalue weighted by Crippen LogP contribution is -2.71. The van der Waals surface area contributed by atoms with Crippen LogP contribution in [-0.4, -0.2) is 59.9 Å². The van der Waals surface area contributed by atoms with Crippen molar-refractivity contribution in [3.63, 3.8) is 0 Å². The highest BCUT2D eigenvalue weighted by molar-refractivity contribution is 5.62. The normalized spacial score (nSPS) is 23.7. The zero-order valence-electron chi connectivity index (χ0n) is 13.8. The quantitative estimate of drug-likeness (QED) is 0.885. The molecule has 5 heteroatoms. The number of aliphatic carboxylic acids is 1. The van der Waals surface area contributed by atoms with Gasteiger partial charge in [0, 0.05) is 39.6 Å². The number of morpholine rings is 1. The number of rotatable bonds is 3. The van der Waals surface area contributed by atoms with Crippen molar-refractivity contribution in [2.24, 2.45) is 0 Å². The Hall–Kier alpha value is -1.43. The molecule has 0 amide bonds. The van der Waals surface area contributed by atoms with Gasteiger partial charge in [-0.1, -0.05) is 30.3 Å². The number of likely N-dealkylation sites (tertiary alicyclic amines) is 1. The van der Waals surface area contributed by atoms with Gasteiger partial charge < -0.3 is 15.2 Å². The molecule has 126 valence electrons. The van der Waals surface area contributed by atoms with E-state index in [9.17, 15) is 0 Å². The lowest BCUT2D eigenvalue weighted by atomic mass is 9.91. The summed E-state index contributed by atoms with van der Waals surface area (Å²) in [6, 6.07) is 10.8. The van der Waals surface area contributed by atoms with E-state index in [1.165, 1.54) is 18.4 Å². The summed E-state index contributed by atoms with van der Waals surface area (Å²) >= 11 is 0. The Morgan fingerprint density at radius 3 is 2.43 bits per heavy atom. The van der Waals surface area contributed by atoms with Crippen molar-refractivity contribution in [1.29, 1.82) is 0 Å². The van der Waals surface area contributed by atoms with Crippen LogP contribution < -0.4 is 5.32 Å². The summed E-state index contributed by atoms with van der Waals surface area (Å²) < 4.78 is 6.39. The number of benzene rings is 1. The van der Waals surface area contributed by atoms with E-state index in [0.29, 0.717) is 0 Å². The van der Waals surface area contributed by atoms with Gasteiger partial charge in [-0.25, -0.2) is 0 Å². The topological polar surface area (TPSA) is 61.8 Å². The van der Waals surface area contributed by atoms with E-state index in [4.69, 9.17) is 14.6 Å². The summed E-state index contributed by atoms with van der Waals surface area (Å²) in [5, 5.41) is 11.0. The van der Waals surface area contributed by atoms with Crippen molar-refractivity contribution in [1.82, 2.24) is 10.2 Å². The fourth-order valence-corrected chi connectivity index (χ4v) is 3.50. The molecule has 3 aliphatic rings. The van der Waals surface area contributed by atoms with Crippen LogP contribution in [0.1, 0.15) is 25.3 Å². The SMILES string of the molecule is CC(=O)O.c1ccc(CCN2CC3(CNCC4(CC4)O3)C2)cc1. The second-order valence-electron chi connectivity index (χ2n) is 7.04. The standard InChI is InChI=1S/C16H22N2O.C2H4O2/c1-2-4-14(5-3-1)6-9-18-12-16(13-18)11-17-10-15(19-16)7-8-15;1-2(3)4/h1-5,17H,6-13H2;1H3,(H,3,4). The number of hydrogen-bond donors (Lipinski definition) is 2. The summed E-state index contributed by atoms with van der Waals surface area (Å²) in [4.78, 5) is 11.5. The van der Waals surface area contributed by atoms with Crippen molar-refractivity contribution < 1.29 is 14.6 Å². The molecule has 0 bridgehead atoms. The molecule has 0 aromatic heterocycles. The third-order valence-electron chi connectivity index (χ3n) is 4.72. The van der Waals surface area contributed by atoms with Gasteiger partial charge in [-0.2, -0.15) is 0 Å². The highest BCUT2D eigenvalue weighted by Crippen LogP contribution is 2.46. The Labute approximate surface area is 137 Å². The van der Waals surface area contributed by atoms with E-state index >= 15 is 0 Å². The third-order valence-corrected chi connectivity index (χ3v) is 4.72. The van der Waals surface area contributed by atoms with Crippen molar-refractivity contribution in [2.75, 3.05) is 32.7 Å². The van der Waals surface area contributed by atoms with Crippen molar-refractivity contribution >= 4 is 5.97 Å². The molecule has 2 N–H and O–H groups in total. The van der Waals surface area contributed by atoms with Gasteiger partial charge in [0.2, 0.25) is 0 Å². The van der Waals surface area contributed by atoms with Crippen LogP contribution in [0.2, 0.25) is 0 Å². The summed E-state index contributed by atoms with van der Waals surface area (Å²) in [5.41, 5.74) is 1.79. The second kappa shape index (κ2) is 6.59. The first-order valence-electron chi connectivity index (χ1n) is 8.38. The first-order chi connectivity index (χ1) is 11.0. The first kappa shape index (κ1) is 16.4. The number of carbonyl (C=O) groups is 1. The minimum absolute atomic E-state index is 0.130. The Morgan fingerprint density at radius 1 is 1.22 bits per heavy atom. The molecule has 2 saturated heterocycles. The summed E-state index contributed by atoms with van der Waals surface area (Å²) in [6.07, 6.45) is 3.66. The molecule has 1 aromatic rings. The minimum Gasteiger partial charge on any atom is -0.481 e. The maximum Gasteiger partial charge on any atom is 0.300 e. The largest absolute Gasteiger partial charge is 0.481 e. The van der Waals surface area contributed by atoms with E-state index in [-0.39, 0.29) is 11.2 Å². The average Bonchev–Trinajstić information content (AvgIpc) is 3.22. The summed E-state index contributed by atoms with van der Waals surface area (Å²) in [6.45, 7) is 6.56. The Balaban J connectivity index is 0.000000354. The van der Waals surface area contributed by atoms with E-state index in [1.807, 2.05) is 0 Å². The maximum absolute atomic E-state index is 9.00. The fraction of sp³-hybridized carbons (Fsp3) is 0.611. The van der Waals surface area contributed by atoms with Crippen molar-refractivity contribution in [3.8, 4) is 0 Å². The highest BCUT2D eigenvalue weighted by atomic mass is 16.5. The number of carboxylic acid groups (broad SMARTS) is 1. The number of nitrogens with zero attached hydrogens (tertiary/aromatic N) is 1. The molecule has 5 nitrogen and oxygen atoms in total. The number of nitrogens with one attached hydrogen (secondary N) is 1. The van der Waals surface area contributed by atoms with Crippen LogP contribution in [0.3, 0.4) is 0 Å². The van der Waals surface area contributed by atoms with Crippen molar-refractivity contribution in [3.05, 3.63) is 35.9 Å². The molecular formula is C18H26N2O3. The van der Waals surface area contributed by atoms with Gasteiger partial charge in [-0.3, -0.25) is 9.69 Å². The number of hydrogen-bond acceptors (Lipinski definition) is 4. The van der Waals surface area contributed by atoms with Crippen LogP contribution >= 0.6 is 0 Å². The molecule has 2 spiro atoms. The Kier molecular flexibility index (Phi) is 4.71. The van der Waals surface area contributed by atoms with Crippen LogP contribution in [0, 0.1) is 0 Å². The van der Waals surface area contributed by atoms with Crippen LogP contribution in [-0.2, 0) is 16.0 Å². The Morgan fingerprint density at radius 2 is 1.83 bits per heavy atom. The third kappa shape index (κ3) is 4.31. The zero-order chi connectivity index (χ0) is 16.3. The van der Waals surface area contributed by atoms with Gasteiger partial charge in [0.05, 0.1) is 5.60 Å². The van der Waals surface area contributed by atoms with Gasteiger partial charge in [0.25, 0.3) is 5.97 Å². The minimum atomic E-state index is -0.833. The molecule has 1 aliphatic carbocycles. The maximum atomic E-state index is 9.00. The van der Waals surface area contributed by atoms with E-state index < -0.39 is 5.97 Å². The Bertz CT molecular complexity index is 532. The molecule has 0 atom stereocenters. The number of ether oxygens (including phenoxy) is 1. The molecule has 4 rings (SSSR count). The van der Waals surface area contributed by atoms with E-state index in [0.717, 1.165) is 46.1 Å². The molecular weight excluding hydrogens is 292 g/mol. The van der Waals surface area contributed by atoms with Gasteiger partial charge >= 0.3 is 0 Å². The van der Waals surface area contributed by atoms with Gasteiger partial charge in [-0.05, 0) is 24.8 Å². The smallest absolute Gasteiger partial charge is 0.300 e. The van der Waals surface area contributed by atoms with Gasteiger partial charge in [0.15, 0.2) is 0 Å². The lowest BCUT2D eigenvalue weighted by Gasteiger charge is -2.54. The fourth-order valence-electron chi connectivity index (χ4n) is 3.50. The molecule has 1 saturated carbocycles. The predicted octanol–water partition coefficient (Wildman–Crippen LogP) is 1.53. The average molecular weight is 318 g/mol. The summed E-state index contributed by atoms with van der Waals surface area (Å²) in [5.74, 6) is -0.833. The molecule has 3 fully saturated rings. The van der Waals surface area contributed by atoms with E-state index in [2.05, 4.69) is 40.5 Å². The monoisotopic (exact) mass is 318 g/mol. The van der Waals surface area contributed by atoms with Gasteiger partial charge in [0.1, 0.15) is 5.60 Å². The molecule has 23 heavy (non-hydrogen) atoms. The molecule has 0 radical (unpaired) electrons. The zero-order valence-corrected chi connectivity index (χ0v) is 13.8. The highest BCUT2D eigenvalue weighted by Gasteiger charge is 2.56. The van der Waals surface area contributed by atoms with Gasteiger partial charge in [-0.15, -0.1) is 0 Å². The second-order valence-corrected chi connectivity index (χ2v) is 7.04. The predicted molar refractivity (Wildman–Crippen MR) is 88.5 cm³/mol. The van der Waals surface area contributed by atoms with Crippen LogP contribution in [0.25, 0.3) is 0 Å². The summed E-state index contributed by atoms with van der Waals surface area (Å²) in [7, 11) is 0. The van der Waals surface area contributed by atoms with Crippen LogP contribution in [0.4, 0.5) is 0 Å². The van der Waals surface area contributed by atoms with Crippen LogP contribution in [0.15, 0.2) is 30.3 Å². The number of carboxylic acids is 1. The molecule has 0 unspecified atom stereocenters. The van der Waals surface area contributed by atoms with Crippen molar-refractivity contribution in [2.45, 2.75) is 37.4 Å². The van der Waals surface area contributed by atoms with Crippen LogP contribution in [0.5, 0.6) is 0 Å². The molecule has 2 heterocycles. The molecule has 1 aromatic carbocycles.